The van der Waals surface area contributed by atoms with Gasteiger partial charge in [0.2, 0.25) is 11.8 Å². The maximum atomic E-state index is 13.3. The highest BCUT2D eigenvalue weighted by atomic mass is 16.2. The van der Waals surface area contributed by atoms with Crippen molar-refractivity contribution in [3.05, 3.63) is 59.2 Å². The van der Waals surface area contributed by atoms with Crippen molar-refractivity contribution < 1.29 is 9.59 Å². The fourth-order valence-electron chi connectivity index (χ4n) is 4.36. The Bertz CT molecular complexity index is 899. The fraction of sp³-hybridized carbons (Fsp3) is 0.478. The number of fused-ring (bicyclic) bond motifs is 1. The average molecular weight is 393 g/mol. The van der Waals surface area contributed by atoms with E-state index >= 15 is 0 Å². The van der Waals surface area contributed by atoms with Crippen molar-refractivity contribution in [2.24, 2.45) is 0 Å². The van der Waals surface area contributed by atoms with E-state index in [-0.39, 0.29) is 23.8 Å². The van der Waals surface area contributed by atoms with Gasteiger partial charge < -0.3 is 9.80 Å². The third-order valence-corrected chi connectivity index (χ3v) is 6.15. The second-order valence-corrected chi connectivity index (χ2v) is 8.07. The summed E-state index contributed by atoms with van der Waals surface area (Å²) in [4.78, 5) is 38.3. The summed E-state index contributed by atoms with van der Waals surface area (Å²) in [7, 11) is 0. The van der Waals surface area contributed by atoms with Crippen LogP contribution in [0.25, 0.3) is 0 Å². The van der Waals surface area contributed by atoms with Crippen LogP contribution in [-0.2, 0) is 22.6 Å². The number of carbonyl (C=O) groups excluding carboxylic acids is 2. The van der Waals surface area contributed by atoms with Gasteiger partial charge >= 0.3 is 0 Å². The number of hydrogen-bond acceptors (Lipinski definition) is 4. The summed E-state index contributed by atoms with van der Waals surface area (Å²) in [6.07, 6.45) is 5.58. The summed E-state index contributed by atoms with van der Waals surface area (Å²) < 4.78 is 0. The minimum Gasteiger partial charge on any atom is -0.338 e. The topological polar surface area (TPSA) is 66.4 Å². The lowest BCUT2D eigenvalue weighted by atomic mass is 9.95. The molecule has 0 radical (unpaired) electrons. The molecule has 152 valence electrons. The molecule has 29 heavy (non-hydrogen) atoms. The van der Waals surface area contributed by atoms with Gasteiger partial charge in [-0.1, -0.05) is 30.3 Å². The van der Waals surface area contributed by atoms with Gasteiger partial charge in [0, 0.05) is 44.7 Å². The van der Waals surface area contributed by atoms with Crippen LogP contribution in [0.1, 0.15) is 67.7 Å². The Kier molecular flexibility index (Phi) is 5.60. The minimum atomic E-state index is -0.182. The first-order valence-electron chi connectivity index (χ1n) is 10.5. The molecule has 3 heterocycles. The van der Waals surface area contributed by atoms with Crippen molar-refractivity contribution >= 4 is 11.8 Å². The zero-order chi connectivity index (χ0) is 20.4. The molecule has 6 heteroatoms. The van der Waals surface area contributed by atoms with E-state index in [0.29, 0.717) is 13.1 Å². The summed E-state index contributed by atoms with van der Waals surface area (Å²) in [6, 6.07) is 9.88. The van der Waals surface area contributed by atoms with Crippen LogP contribution in [0.5, 0.6) is 0 Å². The zero-order valence-corrected chi connectivity index (χ0v) is 17.2. The number of nitrogens with zero attached hydrogens (tertiary/aromatic N) is 4. The molecule has 4 rings (SSSR count). The summed E-state index contributed by atoms with van der Waals surface area (Å²) >= 11 is 0. The number of rotatable bonds is 3. The molecule has 2 aliphatic heterocycles. The normalized spacial score (nSPS) is 20.1. The van der Waals surface area contributed by atoms with Gasteiger partial charge in [0.25, 0.3) is 0 Å². The maximum Gasteiger partial charge on any atom is 0.230 e. The molecule has 0 saturated carbocycles. The number of benzene rings is 1. The third kappa shape index (κ3) is 4.02. The van der Waals surface area contributed by atoms with E-state index in [9.17, 15) is 9.59 Å². The molecule has 0 aliphatic carbocycles. The number of likely N-dealkylation sites (tertiary alicyclic amines) is 1. The highest BCUT2D eigenvalue weighted by Crippen LogP contribution is 2.32. The van der Waals surface area contributed by atoms with E-state index in [0.717, 1.165) is 54.9 Å². The molecule has 0 N–H and O–H groups in total. The van der Waals surface area contributed by atoms with E-state index < -0.39 is 0 Å². The summed E-state index contributed by atoms with van der Waals surface area (Å²) in [5.41, 5.74) is 3.07. The lowest BCUT2D eigenvalue weighted by molar-refractivity contribution is -0.136. The largest absolute Gasteiger partial charge is 0.338 e. The zero-order valence-electron chi connectivity index (χ0n) is 17.2. The molecule has 1 aromatic carbocycles. The highest BCUT2D eigenvalue weighted by molar-refractivity contribution is 5.83. The third-order valence-electron chi connectivity index (χ3n) is 6.15. The van der Waals surface area contributed by atoms with Gasteiger partial charge in [-0.05, 0) is 31.7 Å². The van der Waals surface area contributed by atoms with Crippen LogP contribution in [0.3, 0.4) is 0 Å². The Morgan fingerprint density at radius 3 is 2.69 bits per heavy atom. The number of piperidine rings is 1. The van der Waals surface area contributed by atoms with Crippen LogP contribution in [0.4, 0.5) is 0 Å². The Labute approximate surface area is 172 Å². The molecule has 0 spiro atoms. The number of hydrogen-bond donors (Lipinski definition) is 0. The highest BCUT2D eigenvalue weighted by Gasteiger charge is 2.33. The average Bonchev–Trinajstić information content (AvgIpc) is 2.78. The van der Waals surface area contributed by atoms with Gasteiger partial charge in [-0.3, -0.25) is 9.59 Å². The molecule has 2 aliphatic rings. The Hall–Kier alpha value is -2.76. The van der Waals surface area contributed by atoms with Crippen molar-refractivity contribution in [2.45, 2.75) is 58.0 Å². The van der Waals surface area contributed by atoms with Gasteiger partial charge in [-0.2, -0.15) is 0 Å². The minimum absolute atomic E-state index is 0.0708. The van der Waals surface area contributed by atoms with Crippen molar-refractivity contribution in [1.82, 2.24) is 19.8 Å². The van der Waals surface area contributed by atoms with E-state index in [1.807, 2.05) is 53.3 Å². The molecule has 2 aromatic rings. The smallest absolute Gasteiger partial charge is 0.230 e. The quantitative estimate of drug-likeness (QED) is 0.804. The van der Waals surface area contributed by atoms with Crippen molar-refractivity contribution in [2.75, 3.05) is 13.1 Å². The molecule has 2 atom stereocenters. The van der Waals surface area contributed by atoms with Crippen LogP contribution in [0, 0.1) is 0 Å². The Balaban J connectivity index is 1.56. The second-order valence-electron chi connectivity index (χ2n) is 8.07. The van der Waals surface area contributed by atoms with Crippen molar-refractivity contribution in [1.29, 1.82) is 0 Å². The standard InChI is InChI=1S/C23H28N4O2/c1-16(18-8-4-3-5-9-18)23(29)27-12-7-6-10-21(27)22-24-14-19-15-26(17(2)28)13-11-20(19)25-22/h3-5,8-9,14,16,21H,6-7,10-13,15H2,1-2H3/t16-,21+/m0/s1. The van der Waals surface area contributed by atoms with Crippen LogP contribution < -0.4 is 0 Å². The first kappa shape index (κ1) is 19.6. The van der Waals surface area contributed by atoms with E-state index in [2.05, 4.69) is 4.98 Å². The molecule has 0 unspecified atom stereocenters. The number of aromatic nitrogens is 2. The summed E-state index contributed by atoms with van der Waals surface area (Å²) in [5, 5.41) is 0. The van der Waals surface area contributed by atoms with Gasteiger partial charge in [-0.25, -0.2) is 9.97 Å². The van der Waals surface area contributed by atoms with Crippen LogP contribution >= 0.6 is 0 Å². The first-order valence-corrected chi connectivity index (χ1v) is 10.5. The van der Waals surface area contributed by atoms with E-state index in [4.69, 9.17) is 4.98 Å². The molecule has 1 aromatic heterocycles. The van der Waals surface area contributed by atoms with Gasteiger partial charge in [0.05, 0.1) is 17.7 Å². The Morgan fingerprint density at radius 2 is 1.93 bits per heavy atom. The molecule has 6 nitrogen and oxygen atoms in total. The van der Waals surface area contributed by atoms with Crippen LogP contribution in [0.15, 0.2) is 36.5 Å². The molecule has 1 fully saturated rings. The van der Waals surface area contributed by atoms with E-state index in [1.165, 1.54) is 0 Å². The fourth-order valence-corrected chi connectivity index (χ4v) is 4.36. The molecule has 1 saturated heterocycles. The summed E-state index contributed by atoms with van der Waals surface area (Å²) in [5.74, 6) is 0.788. The van der Waals surface area contributed by atoms with E-state index in [1.54, 1.807) is 6.92 Å². The summed E-state index contributed by atoms with van der Waals surface area (Å²) in [6.45, 7) is 5.59. The molecular formula is C23H28N4O2. The number of carbonyl (C=O) groups is 2. The monoisotopic (exact) mass is 392 g/mol. The maximum absolute atomic E-state index is 13.3. The lowest BCUT2D eigenvalue weighted by Crippen LogP contribution is -2.41. The van der Waals surface area contributed by atoms with Gasteiger partial charge in [0.15, 0.2) is 5.82 Å². The number of amides is 2. The van der Waals surface area contributed by atoms with Gasteiger partial charge in [0.1, 0.15) is 0 Å². The van der Waals surface area contributed by atoms with Gasteiger partial charge in [-0.15, -0.1) is 0 Å². The predicted molar refractivity (Wildman–Crippen MR) is 110 cm³/mol. The molecule has 2 amide bonds. The predicted octanol–water partition coefficient (Wildman–Crippen LogP) is 3.24. The van der Waals surface area contributed by atoms with Crippen molar-refractivity contribution in [3.63, 3.8) is 0 Å². The molecule has 0 bridgehead atoms. The second kappa shape index (κ2) is 8.31. The lowest BCUT2D eigenvalue weighted by Gasteiger charge is -2.37. The SMILES string of the molecule is CC(=O)N1CCc2nc([C@H]3CCCCN3C(=O)[C@@H](C)c3ccccc3)ncc2C1. The molecular weight excluding hydrogens is 364 g/mol. The van der Waals surface area contributed by atoms with Crippen LogP contribution in [0.2, 0.25) is 0 Å². The first-order chi connectivity index (χ1) is 14.0. The van der Waals surface area contributed by atoms with Crippen molar-refractivity contribution in [3.8, 4) is 0 Å². The van der Waals surface area contributed by atoms with Crippen LogP contribution in [-0.4, -0.2) is 44.7 Å². The Morgan fingerprint density at radius 1 is 1.14 bits per heavy atom.